The molecule has 0 radical (unpaired) electrons. The van der Waals surface area contributed by atoms with Gasteiger partial charge in [0, 0.05) is 29.9 Å². The van der Waals surface area contributed by atoms with Crippen molar-refractivity contribution in [2.24, 2.45) is 5.92 Å². The van der Waals surface area contributed by atoms with E-state index in [2.05, 4.69) is 22.3 Å². The van der Waals surface area contributed by atoms with Crippen LogP contribution in [0.3, 0.4) is 0 Å². The van der Waals surface area contributed by atoms with Crippen molar-refractivity contribution in [3.8, 4) is 23.5 Å². The SMILES string of the molecule is COCCn1c(SC[C@@H](C#N)CCC#N)nnc1-c1ccc(Cl)cc1. The highest BCUT2D eigenvalue weighted by molar-refractivity contribution is 7.99. The summed E-state index contributed by atoms with van der Waals surface area (Å²) in [7, 11) is 1.65. The molecule has 6 nitrogen and oxygen atoms in total. The summed E-state index contributed by atoms with van der Waals surface area (Å²) in [5, 5.41) is 27.8. The van der Waals surface area contributed by atoms with E-state index in [-0.39, 0.29) is 5.92 Å². The second kappa shape index (κ2) is 10.0. The Hall–Kier alpha value is -2.06. The summed E-state index contributed by atoms with van der Waals surface area (Å²) >= 11 is 7.42. The highest BCUT2D eigenvalue weighted by Gasteiger charge is 2.16. The molecule has 8 heteroatoms. The maximum atomic E-state index is 9.20. The summed E-state index contributed by atoms with van der Waals surface area (Å²) in [6, 6.07) is 11.7. The van der Waals surface area contributed by atoms with Crippen LogP contribution in [-0.2, 0) is 11.3 Å². The molecule has 0 saturated heterocycles. The van der Waals surface area contributed by atoms with Crippen molar-refractivity contribution < 1.29 is 4.74 Å². The number of nitriles is 2. The number of aromatic nitrogens is 3. The zero-order valence-corrected chi connectivity index (χ0v) is 15.4. The Morgan fingerprint density at radius 2 is 2.04 bits per heavy atom. The molecule has 25 heavy (non-hydrogen) atoms. The average molecular weight is 376 g/mol. The van der Waals surface area contributed by atoms with E-state index in [1.807, 2.05) is 28.8 Å². The van der Waals surface area contributed by atoms with Gasteiger partial charge in [0.2, 0.25) is 0 Å². The molecule has 130 valence electrons. The molecule has 1 aromatic heterocycles. The minimum Gasteiger partial charge on any atom is -0.383 e. The summed E-state index contributed by atoms with van der Waals surface area (Å²) in [5.74, 6) is 1.13. The van der Waals surface area contributed by atoms with Gasteiger partial charge < -0.3 is 4.74 Å². The molecule has 0 amide bonds. The zero-order chi connectivity index (χ0) is 18.1. The summed E-state index contributed by atoms with van der Waals surface area (Å²) < 4.78 is 7.17. The van der Waals surface area contributed by atoms with Crippen LogP contribution in [0.25, 0.3) is 11.4 Å². The van der Waals surface area contributed by atoms with Gasteiger partial charge in [-0.2, -0.15) is 10.5 Å². The Morgan fingerprint density at radius 3 is 2.68 bits per heavy atom. The third kappa shape index (κ3) is 5.47. The monoisotopic (exact) mass is 375 g/mol. The van der Waals surface area contributed by atoms with Gasteiger partial charge in [0.15, 0.2) is 11.0 Å². The quantitative estimate of drug-likeness (QED) is 0.620. The number of thioether (sulfide) groups is 1. The number of rotatable bonds is 9. The van der Waals surface area contributed by atoms with Gasteiger partial charge in [0.1, 0.15) is 0 Å². The van der Waals surface area contributed by atoms with Gasteiger partial charge in [-0.15, -0.1) is 10.2 Å². The molecule has 0 N–H and O–H groups in total. The van der Waals surface area contributed by atoms with E-state index in [1.165, 1.54) is 11.8 Å². The minimum absolute atomic E-state index is 0.184. The molecule has 0 bridgehead atoms. The average Bonchev–Trinajstić information content (AvgIpc) is 3.03. The van der Waals surface area contributed by atoms with Gasteiger partial charge in [-0.3, -0.25) is 4.57 Å². The normalized spacial score (nSPS) is 11.7. The number of methoxy groups -OCH3 is 1. The fraction of sp³-hybridized carbons (Fsp3) is 0.412. The van der Waals surface area contributed by atoms with Crippen LogP contribution < -0.4 is 0 Å². The highest BCUT2D eigenvalue weighted by Crippen LogP contribution is 2.27. The lowest BCUT2D eigenvalue weighted by Gasteiger charge is -2.11. The van der Waals surface area contributed by atoms with Crippen molar-refractivity contribution >= 4 is 23.4 Å². The predicted octanol–water partition coefficient (Wildman–Crippen LogP) is 3.78. The number of halogens is 1. The van der Waals surface area contributed by atoms with E-state index in [0.29, 0.717) is 36.8 Å². The Labute approximate surface area is 156 Å². The van der Waals surface area contributed by atoms with Crippen LogP contribution in [0.4, 0.5) is 0 Å². The molecule has 0 fully saturated rings. The third-order valence-electron chi connectivity index (χ3n) is 3.54. The van der Waals surface area contributed by atoms with Crippen LogP contribution >= 0.6 is 23.4 Å². The number of hydrogen-bond donors (Lipinski definition) is 0. The number of hydrogen-bond acceptors (Lipinski definition) is 6. The molecule has 1 aromatic carbocycles. The molecular formula is C17H18ClN5OS. The first-order chi connectivity index (χ1) is 12.2. The first-order valence-electron chi connectivity index (χ1n) is 7.77. The van der Waals surface area contributed by atoms with Crippen LogP contribution in [0, 0.1) is 28.6 Å². The zero-order valence-electron chi connectivity index (χ0n) is 13.9. The van der Waals surface area contributed by atoms with Gasteiger partial charge in [-0.05, 0) is 30.7 Å². The Bertz CT molecular complexity index is 763. The van der Waals surface area contributed by atoms with Gasteiger partial charge >= 0.3 is 0 Å². The molecule has 0 spiro atoms. The topological polar surface area (TPSA) is 87.5 Å². The molecular weight excluding hydrogens is 358 g/mol. The van der Waals surface area contributed by atoms with Crippen LogP contribution in [0.1, 0.15) is 12.8 Å². The van der Waals surface area contributed by atoms with E-state index < -0.39 is 0 Å². The lowest BCUT2D eigenvalue weighted by molar-refractivity contribution is 0.185. The molecule has 0 aliphatic rings. The number of ether oxygens (including phenoxy) is 1. The van der Waals surface area contributed by atoms with Crippen molar-refractivity contribution in [1.82, 2.24) is 14.8 Å². The molecule has 0 aliphatic heterocycles. The molecule has 1 atom stereocenters. The second-order valence-electron chi connectivity index (χ2n) is 5.29. The highest BCUT2D eigenvalue weighted by atomic mass is 35.5. The van der Waals surface area contributed by atoms with E-state index in [9.17, 15) is 5.26 Å². The third-order valence-corrected chi connectivity index (χ3v) is 4.92. The van der Waals surface area contributed by atoms with Crippen molar-refractivity contribution in [2.75, 3.05) is 19.5 Å². The molecule has 2 rings (SSSR count). The standard InChI is InChI=1S/C17H18ClN5OS/c1-24-10-9-23-16(14-4-6-15(18)7-5-14)21-22-17(23)25-12-13(11-20)3-2-8-19/h4-7,13H,2-3,9-10,12H2,1H3/t13-/m1/s1. The van der Waals surface area contributed by atoms with Gasteiger partial charge in [0.05, 0.1) is 31.2 Å². The van der Waals surface area contributed by atoms with Gasteiger partial charge in [0.25, 0.3) is 0 Å². The van der Waals surface area contributed by atoms with Crippen molar-refractivity contribution in [3.05, 3.63) is 29.3 Å². The van der Waals surface area contributed by atoms with Crippen molar-refractivity contribution in [1.29, 1.82) is 10.5 Å². The first kappa shape index (κ1) is 19.3. The van der Waals surface area contributed by atoms with E-state index in [4.69, 9.17) is 21.6 Å². The van der Waals surface area contributed by atoms with Crippen molar-refractivity contribution in [3.63, 3.8) is 0 Å². The summed E-state index contributed by atoms with van der Waals surface area (Å²) in [6.07, 6.45) is 0.946. The van der Waals surface area contributed by atoms with Gasteiger partial charge in [-0.1, -0.05) is 23.4 Å². The first-order valence-corrected chi connectivity index (χ1v) is 9.13. The fourth-order valence-corrected chi connectivity index (χ4v) is 3.34. The lowest BCUT2D eigenvalue weighted by atomic mass is 10.1. The van der Waals surface area contributed by atoms with Crippen molar-refractivity contribution in [2.45, 2.75) is 24.5 Å². The van der Waals surface area contributed by atoms with Crippen LogP contribution in [-0.4, -0.2) is 34.2 Å². The summed E-state index contributed by atoms with van der Waals surface area (Å²) in [5.41, 5.74) is 0.918. The molecule has 2 aromatic rings. The maximum Gasteiger partial charge on any atom is 0.191 e. The van der Waals surface area contributed by atoms with Crippen LogP contribution in [0.2, 0.25) is 5.02 Å². The van der Waals surface area contributed by atoms with Crippen LogP contribution in [0.15, 0.2) is 29.4 Å². The Kier molecular flexibility index (Phi) is 7.75. The molecule has 0 unspecified atom stereocenters. The number of benzene rings is 1. The van der Waals surface area contributed by atoms with Gasteiger partial charge in [-0.25, -0.2) is 0 Å². The molecule has 0 aliphatic carbocycles. The summed E-state index contributed by atoms with van der Waals surface area (Å²) in [6.45, 7) is 1.14. The van der Waals surface area contributed by atoms with E-state index in [1.54, 1.807) is 7.11 Å². The Morgan fingerprint density at radius 1 is 1.28 bits per heavy atom. The molecule has 0 saturated carbocycles. The number of nitrogens with zero attached hydrogens (tertiary/aromatic N) is 5. The summed E-state index contributed by atoms with van der Waals surface area (Å²) in [4.78, 5) is 0. The second-order valence-corrected chi connectivity index (χ2v) is 6.71. The van der Waals surface area contributed by atoms with E-state index >= 15 is 0 Å². The predicted molar refractivity (Wildman–Crippen MR) is 97.0 cm³/mol. The maximum absolute atomic E-state index is 9.20. The Balaban J connectivity index is 2.19. The van der Waals surface area contributed by atoms with Crippen LogP contribution in [0.5, 0.6) is 0 Å². The van der Waals surface area contributed by atoms with E-state index in [0.717, 1.165) is 16.5 Å². The minimum atomic E-state index is -0.184. The fourth-order valence-electron chi connectivity index (χ4n) is 2.19. The smallest absolute Gasteiger partial charge is 0.191 e. The lowest BCUT2D eigenvalue weighted by Crippen LogP contribution is -2.09. The largest absolute Gasteiger partial charge is 0.383 e. The molecule has 1 heterocycles.